The van der Waals surface area contributed by atoms with E-state index < -0.39 is 0 Å². The first kappa shape index (κ1) is 19.0. The Bertz CT molecular complexity index is 1080. The summed E-state index contributed by atoms with van der Waals surface area (Å²) in [7, 11) is 3.40. The first-order valence-corrected chi connectivity index (χ1v) is 9.20. The number of amides is 2. The van der Waals surface area contributed by atoms with Crippen LogP contribution in [0.25, 0.3) is 10.2 Å². The van der Waals surface area contributed by atoms with Gasteiger partial charge in [-0.25, -0.2) is 0 Å². The summed E-state index contributed by atoms with van der Waals surface area (Å²) in [6, 6.07) is 5.61. The lowest BCUT2D eigenvalue weighted by molar-refractivity contribution is -0.114. The summed E-state index contributed by atoms with van der Waals surface area (Å²) >= 11 is 1.39. The number of carbonyl (C=O) groups excluding carboxylic acids is 2. The van der Waals surface area contributed by atoms with Gasteiger partial charge in [-0.2, -0.15) is 10.1 Å². The van der Waals surface area contributed by atoms with E-state index in [2.05, 4.69) is 15.4 Å². The maximum Gasteiger partial charge on any atom is 0.300 e. The molecule has 0 saturated carbocycles. The van der Waals surface area contributed by atoms with Crippen LogP contribution in [-0.4, -0.2) is 39.9 Å². The molecule has 3 rings (SSSR count). The standard InChI is InChI=1S/C18H21N5O3S/c1-11-10-22(3)21-16(11)17(25)20-18-23(7-8-26-4)14-6-5-13(19-12(2)24)9-15(14)27-18/h5-6,9-10H,7-8H2,1-4H3,(H,19,24). The van der Waals surface area contributed by atoms with Crippen molar-refractivity contribution < 1.29 is 14.3 Å². The first-order chi connectivity index (χ1) is 12.9. The summed E-state index contributed by atoms with van der Waals surface area (Å²) < 4.78 is 9.65. The summed E-state index contributed by atoms with van der Waals surface area (Å²) in [6.07, 6.45) is 1.78. The molecular formula is C18H21N5O3S. The molecule has 0 aliphatic carbocycles. The summed E-state index contributed by atoms with van der Waals surface area (Å²) in [5.41, 5.74) is 2.75. The number of aromatic nitrogens is 3. The normalized spacial score (nSPS) is 11.9. The zero-order valence-electron chi connectivity index (χ0n) is 15.6. The molecule has 0 unspecified atom stereocenters. The number of methoxy groups -OCH3 is 1. The van der Waals surface area contributed by atoms with Crippen molar-refractivity contribution in [1.29, 1.82) is 0 Å². The van der Waals surface area contributed by atoms with Crippen LogP contribution in [0, 0.1) is 6.92 Å². The Morgan fingerprint density at radius 2 is 2.15 bits per heavy atom. The molecule has 1 aromatic carbocycles. The average Bonchev–Trinajstić information content (AvgIpc) is 3.11. The molecular weight excluding hydrogens is 366 g/mol. The molecule has 0 spiro atoms. The molecule has 0 saturated heterocycles. The SMILES string of the molecule is COCCn1c(=NC(=O)c2nn(C)cc2C)sc2cc(NC(C)=O)ccc21. The number of rotatable bonds is 5. The third kappa shape index (κ3) is 4.15. The summed E-state index contributed by atoms with van der Waals surface area (Å²) in [5.74, 6) is -0.517. The van der Waals surface area contributed by atoms with E-state index in [-0.39, 0.29) is 11.8 Å². The van der Waals surface area contributed by atoms with Gasteiger partial charge < -0.3 is 14.6 Å². The number of hydrogen-bond donors (Lipinski definition) is 1. The molecule has 3 aromatic rings. The van der Waals surface area contributed by atoms with Crippen LogP contribution in [0.15, 0.2) is 29.4 Å². The molecule has 0 fully saturated rings. The quantitative estimate of drug-likeness (QED) is 0.726. The Morgan fingerprint density at radius 1 is 1.37 bits per heavy atom. The summed E-state index contributed by atoms with van der Waals surface area (Å²) in [4.78, 5) is 28.8. The lowest BCUT2D eigenvalue weighted by atomic mass is 10.3. The van der Waals surface area contributed by atoms with Crippen molar-refractivity contribution in [2.75, 3.05) is 19.0 Å². The van der Waals surface area contributed by atoms with Gasteiger partial charge in [0.15, 0.2) is 10.5 Å². The van der Waals surface area contributed by atoms with Crippen molar-refractivity contribution in [1.82, 2.24) is 14.3 Å². The van der Waals surface area contributed by atoms with Gasteiger partial charge in [0.2, 0.25) is 5.91 Å². The lowest BCUT2D eigenvalue weighted by Gasteiger charge is -2.05. The van der Waals surface area contributed by atoms with Gasteiger partial charge >= 0.3 is 0 Å². The minimum absolute atomic E-state index is 0.135. The topological polar surface area (TPSA) is 90.5 Å². The highest BCUT2D eigenvalue weighted by atomic mass is 32.1. The summed E-state index contributed by atoms with van der Waals surface area (Å²) in [6.45, 7) is 4.35. The molecule has 0 radical (unpaired) electrons. The van der Waals surface area contributed by atoms with E-state index in [0.717, 1.165) is 15.8 Å². The zero-order valence-corrected chi connectivity index (χ0v) is 16.5. The first-order valence-electron chi connectivity index (χ1n) is 8.38. The smallest absolute Gasteiger partial charge is 0.300 e. The Kier molecular flexibility index (Phi) is 5.52. The van der Waals surface area contributed by atoms with Crippen molar-refractivity contribution in [3.8, 4) is 0 Å². The Hall–Kier alpha value is -2.78. The van der Waals surface area contributed by atoms with Gasteiger partial charge in [-0.1, -0.05) is 11.3 Å². The van der Waals surface area contributed by atoms with Gasteiger partial charge in [0, 0.05) is 45.1 Å². The van der Waals surface area contributed by atoms with Crippen molar-refractivity contribution in [2.45, 2.75) is 20.4 Å². The number of benzene rings is 1. The molecule has 0 aliphatic heterocycles. The van der Waals surface area contributed by atoms with Crippen molar-refractivity contribution >= 4 is 39.1 Å². The highest BCUT2D eigenvalue weighted by Gasteiger charge is 2.14. The monoisotopic (exact) mass is 387 g/mol. The van der Waals surface area contributed by atoms with E-state index >= 15 is 0 Å². The van der Waals surface area contributed by atoms with Crippen molar-refractivity contribution in [3.05, 3.63) is 40.5 Å². The lowest BCUT2D eigenvalue weighted by Crippen LogP contribution is -2.19. The van der Waals surface area contributed by atoms with E-state index in [4.69, 9.17) is 4.74 Å². The number of thiazole rings is 1. The van der Waals surface area contributed by atoms with E-state index in [1.165, 1.54) is 18.3 Å². The molecule has 27 heavy (non-hydrogen) atoms. The minimum atomic E-state index is -0.382. The maximum absolute atomic E-state index is 12.6. The second kappa shape index (κ2) is 7.85. The van der Waals surface area contributed by atoms with Gasteiger partial charge in [0.05, 0.1) is 16.8 Å². The van der Waals surface area contributed by atoms with Gasteiger partial charge in [0.25, 0.3) is 5.91 Å². The third-order valence-corrected chi connectivity index (χ3v) is 4.97. The average molecular weight is 387 g/mol. The highest BCUT2D eigenvalue weighted by molar-refractivity contribution is 7.16. The Labute approximate surface area is 160 Å². The van der Waals surface area contributed by atoms with E-state index in [1.807, 2.05) is 29.7 Å². The molecule has 0 atom stereocenters. The minimum Gasteiger partial charge on any atom is -0.383 e. The number of ether oxygens (including phenoxy) is 1. The Balaban J connectivity index is 2.10. The van der Waals surface area contributed by atoms with Gasteiger partial charge in [0.1, 0.15) is 0 Å². The van der Waals surface area contributed by atoms with Crippen LogP contribution in [0.1, 0.15) is 23.0 Å². The Morgan fingerprint density at radius 3 is 2.78 bits per heavy atom. The maximum atomic E-state index is 12.6. The largest absolute Gasteiger partial charge is 0.383 e. The zero-order chi connectivity index (χ0) is 19.6. The fourth-order valence-corrected chi connectivity index (χ4v) is 3.89. The van der Waals surface area contributed by atoms with E-state index in [1.54, 1.807) is 25.0 Å². The molecule has 0 bridgehead atoms. The number of fused-ring (bicyclic) bond motifs is 1. The second-order valence-corrected chi connectivity index (χ2v) is 7.15. The summed E-state index contributed by atoms with van der Waals surface area (Å²) in [5, 5.41) is 6.96. The van der Waals surface area contributed by atoms with Crippen LogP contribution in [-0.2, 0) is 23.1 Å². The third-order valence-electron chi connectivity index (χ3n) is 3.93. The number of anilines is 1. The van der Waals surface area contributed by atoms with Crippen LogP contribution in [0.3, 0.4) is 0 Å². The number of nitrogens with one attached hydrogen (secondary N) is 1. The molecule has 8 nitrogen and oxygen atoms in total. The van der Waals surface area contributed by atoms with Crippen LogP contribution in [0.4, 0.5) is 5.69 Å². The molecule has 142 valence electrons. The van der Waals surface area contributed by atoms with Crippen LogP contribution in [0.2, 0.25) is 0 Å². The number of carbonyl (C=O) groups is 2. The van der Waals surface area contributed by atoms with Crippen LogP contribution < -0.4 is 10.1 Å². The van der Waals surface area contributed by atoms with Crippen molar-refractivity contribution in [2.24, 2.45) is 12.0 Å². The fourth-order valence-electron chi connectivity index (χ4n) is 2.80. The van der Waals surface area contributed by atoms with Crippen molar-refractivity contribution in [3.63, 3.8) is 0 Å². The van der Waals surface area contributed by atoms with E-state index in [9.17, 15) is 9.59 Å². The van der Waals surface area contributed by atoms with Crippen LogP contribution >= 0.6 is 11.3 Å². The molecule has 0 aliphatic rings. The highest BCUT2D eigenvalue weighted by Crippen LogP contribution is 2.22. The predicted octanol–water partition coefficient (Wildman–Crippen LogP) is 2.09. The van der Waals surface area contributed by atoms with E-state index in [0.29, 0.717) is 29.3 Å². The second-order valence-electron chi connectivity index (χ2n) is 6.14. The molecule has 2 heterocycles. The molecule has 1 N–H and O–H groups in total. The predicted molar refractivity (Wildman–Crippen MR) is 104 cm³/mol. The molecule has 2 amide bonds. The molecule has 9 heteroatoms. The number of aryl methyl sites for hydroxylation is 2. The fraction of sp³-hybridized carbons (Fsp3) is 0.333. The van der Waals surface area contributed by atoms with Gasteiger partial charge in [-0.3, -0.25) is 14.3 Å². The van der Waals surface area contributed by atoms with Gasteiger partial charge in [-0.15, -0.1) is 0 Å². The number of nitrogens with zero attached hydrogens (tertiary/aromatic N) is 4. The van der Waals surface area contributed by atoms with Gasteiger partial charge in [-0.05, 0) is 25.1 Å². The van der Waals surface area contributed by atoms with Crippen LogP contribution in [0.5, 0.6) is 0 Å². The number of hydrogen-bond acceptors (Lipinski definition) is 5. The molecule has 2 aromatic heterocycles.